The van der Waals surface area contributed by atoms with Crippen LogP contribution in [0, 0.1) is 0 Å². The summed E-state index contributed by atoms with van der Waals surface area (Å²) >= 11 is 0. The summed E-state index contributed by atoms with van der Waals surface area (Å²) in [4.78, 5) is 44.3. The minimum absolute atomic E-state index is 0.0712. The van der Waals surface area contributed by atoms with Crippen LogP contribution in [-0.2, 0) is 4.79 Å². The quantitative estimate of drug-likeness (QED) is 0.683. The van der Waals surface area contributed by atoms with Crippen molar-refractivity contribution in [2.45, 2.75) is 0 Å². The third kappa shape index (κ3) is 3.07. The van der Waals surface area contributed by atoms with Crippen LogP contribution in [-0.4, -0.2) is 39.7 Å². The van der Waals surface area contributed by atoms with E-state index in [9.17, 15) is 24.3 Å². The number of carbonyl (C=O) groups is 4. The van der Waals surface area contributed by atoms with E-state index in [1.54, 1.807) is 0 Å². The number of hydrogen-bond acceptors (Lipinski definition) is 5. The first-order valence-corrected chi connectivity index (χ1v) is 6.44. The zero-order valence-corrected chi connectivity index (χ0v) is 11.9. The first kappa shape index (κ1) is 16.7. The molecule has 0 radical (unpaired) electrons. The standard InChI is InChI=1S/C16H10O8/c17-7-24-12-3-1-2-9(13(12)16(22)23)8-4-5-10(14(18)19)11(6-8)15(20)21/h1-7H,(H,18,19)(H,20,21)(H,22,23). The molecule has 0 spiro atoms. The molecule has 0 fully saturated rings. The van der Waals surface area contributed by atoms with Gasteiger partial charge in [0.15, 0.2) is 0 Å². The number of carbonyl (C=O) groups excluding carboxylic acids is 1. The molecule has 0 aliphatic carbocycles. The molecule has 122 valence electrons. The van der Waals surface area contributed by atoms with Crippen molar-refractivity contribution in [2.75, 3.05) is 0 Å². The molecule has 0 saturated carbocycles. The van der Waals surface area contributed by atoms with Crippen molar-refractivity contribution < 1.29 is 39.2 Å². The minimum atomic E-state index is -1.47. The Morgan fingerprint density at radius 1 is 0.875 bits per heavy atom. The van der Waals surface area contributed by atoms with E-state index >= 15 is 0 Å². The Bertz CT molecular complexity index is 853. The van der Waals surface area contributed by atoms with Crippen LogP contribution in [0.25, 0.3) is 11.1 Å². The predicted octanol–water partition coefficient (Wildman–Crippen LogP) is 1.98. The third-order valence-electron chi connectivity index (χ3n) is 3.21. The predicted molar refractivity (Wildman–Crippen MR) is 79.4 cm³/mol. The summed E-state index contributed by atoms with van der Waals surface area (Å²) in [7, 11) is 0. The molecule has 0 saturated heterocycles. The van der Waals surface area contributed by atoms with Gasteiger partial charge < -0.3 is 20.1 Å². The number of aromatic carboxylic acids is 3. The van der Waals surface area contributed by atoms with Crippen molar-refractivity contribution in [1.29, 1.82) is 0 Å². The number of ether oxygens (including phenoxy) is 1. The summed E-state index contributed by atoms with van der Waals surface area (Å²) in [6.45, 7) is 0.0712. The number of hydrogen-bond donors (Lipinski definition) is 3. The molecule has 2 aromatic carbocycles. The van der Waals surface area contributed by atoms with Gasteiger partial charge in [0.2, 0.25) is 0 Å². The first-order chi connectivity index (χ1) is 11.4. The largest absolute Gasteiger partial charge is 0.478 e. The fourth-order valence-corrected chi connectivity index (χ4v) is 2.22. The summed E-state index contributed by atoms with van der Waals surface area (Å²) in [5, 5.41) is 27.5. The van der Waals surface area contributed by atoms with Gasteiger partial charge in [-0.1, -0.05) is 18.2 Å². The molecule has 0 heterocycles. The smallest absolute Gasteiger partial charge is 0.340 e. The molecule has 0 aliphatic heterocycles. The molecule has 0 aliphatic rings. The van der Waals surface area contributed by atoms with Gasteiger partial charge in [0.05, 0.1) is 11.1 Å². The monoisotopic (exact) mass is 330 g/mol. The molecule has 8 nitrogen and oxygen atoms in total. The van der Waals surface area contributed by atoms with Gasteiger partial charge >= 0.3 is 17.9 Å². The lowest BCUT2D eigenvalue weighted by molar-refractivity contribution is -0.120. The average molecular weight is 330 g/mol. The lowest BCUT2D eigenvalue weighted by Gasteiger charge is -2.11. The second kappa shape index (κ2) is 6.61. The lowest BCUT2D eigenvalue weighted by Crippen LogP contribution is -2.09. The van der Waals surface area contributed by atoms with Gasteiger partial charge in [-0.05, 0) is 29.3 Å². The highest BCUT2D eigenvalue weighted by atomic mass is 16.5. The molecule has 8 heteroatoms. The van der Waals surface area contributed by atoms with Crippen LogP contribution in [0.2, 0.25) is 0 Å². The van der Waals surface area contributed by atoms with Crippen molar-refractivity contribution in [3.8, 4) is 16.9 Å². The van der Waals surface area contributed by atoms with Crippen LogP contribution < -0.4 is 4.74 Å². The zero-order chi connectivity index (χ0) is 17.9. The van der Waals surface area contributed by atoms with Crippen LogP contribution in [0.5, 0.6) is 5.75 Å². The Kier molecular flexibility index (Phi) is 4.60. The van der Waals surface area contributed by atoms with Gasteiger partial charge in [0.25, 0.3) is 6.47 Å². The number of rotatable bonds is 6. The van der Waals surface area contributed by atoms with E-state index in [2.05, 4.69) is 4.74 Å². The first-order valence-electron chi connectivity index (χ1n) is 6.44. The van der Waals surface area contributed by atoms with Crippen LogP contribution in [0.3, 0.4) is 0 Å². The summed E-state index contributed by atoms with van der Waals surface area (Å²) in [5.41, 5.74) is -1.02. The average Bonchev–Trinajstić information content (AvgIpc) is 2.54. The zero-order valence-electron chi connectivity index (χ0n) is 11.9. The van der Waals surface area contributed by atoms with E-state index in [-0.39, 0.29) is 28.9 Å². The summed E-state index contributed by atoms with van der Waals surface area (Å²) in [5.74, 6) is -4.49. The van der Waals surface area contributed by atoms with E-state index in [0.29, 0.717) is 0 Å². The Morgan fingerprint density at radius 3 is 2.08 bits per heavy atom. The van der Waals surface area contributed by atoms with Gasteiger partial charge in [0.1, 0.15) is 11.3 Å². The van der Waals surface area contributed by atoms with Crippen molar-refractivity contribution in [3.63, 3.8) is 0 Å². The maximum absolute atomic E-state index is 11.5. The second-order valence-electron chi connectivity index (χ2n) is 4.57. The Hall–Kier alpha value is -3.68. The van der Waals surface area contributed by atoms with Gasteiger partial charge in [-0.3, -0.25) is 4.79 Å². The molecule has 2 aromatic rings. The van der Waals surface area contributed by atoms with Crippen LogP contribution in [0.1, 0.15) is 31.1 Å². The Morgan fingerprint density at radius 2 is 1.54 bits per heavy atom. The highest BCUT2D eigenvalue weighted by molar-refractivity contribution is 6.04. The molecular weight excluding hydrogens is 320 g/mol. The SMILES string of the molecule is O=COc1cccc(-c2ccc(C(=O)O)c(C(=O)O)c2)c1C(=O)O. The maximum Gasteiger partial charge on any atom is 0.340 e. The lowest BCUT2D eigenvalue weighted by atomic mass is 9.95. The molecule has 24 heavy (non-hydrogen) atoms. The molecule has 2 rings (SSSR count). The summed E-state index contributed by atoms with van der Waals surface area (Å²) in [6.07, 6.45) is 0. The van der Waals surface area contributed by atoms with E-state index in [1.807, 2.05) is 0 Å². The van der Waals surface area contributed by atoms with Crippen LogP contribution in [0.4, 0.5) is 0 Å². The Labute approximate surface area is 134 Å². The van der Waals surface area contributed by atoms with E-state index in [4.69, 9.17) is 10.2 Å². The molecule has 0 amide bonds. The van der Waals surface area contributed by atoms with E-state index in [0.717, 1.165) is 12.1 Å². The molecule has 0 atom stereocenters. The molecule has 3 N–H and O–H groups in total. The highest BCUT2D eigenvalue weighted by Gasteiger charge is 2.21. The van der Waals surface area contributed by atoms with Gasteiger partial charge in [-0.15, -0.1) is 0 Å². The molecule has 0 unspecified atom stereocenters. The Balaban J connectivity index is 2.73. The fraction of sp³-hybridized carbons (Fsp3) is 0. The van der Waals surface area contributed by atoms with Crippen LogP contribution >= 0.6 is 0 Å². The molecular formula is C16H10O8. The second-order valence-corrected chi connectivity index (χ2v) is 4.57. The molecule has 0 bridgehead atoms. The maximum atomic E-state index is 11.5. The summed E-state index contributed by atoms with van der Waals surface area (Å²) < 4.78 is 4.63. The van der Waals surface area contributed by atoms with Crippen molar-refractivity contribution in [2.24, 2.45) is 0 Å². The fourth-order valence-electron chi connectivity index (χ4n) is 2.22. The van der Waals surface area contributed by atoms with E-state index < -0.39 is 29.0 Å². The van der Waals surface area contributed by atoms with Gasteiger partial charge in [-0.25, -0.2) is 14.4 Å². The number of carboxylic acids is 3. The normalized spacial score (nSPS) is 10.0. The number of benzene rings is 2. The van der Waals surface area contributed by atoms with Crippen molar-refractivity contribution in [3.05, 3.63) is 53.1 Å². The molecule has 0 aromatic heterocycles. The minimum Gasteiger partial charge on any atom is -0.478 e. The van der Waals surface area contributed by atoms with Gasteiger partial charge in [0, 0.05) is 0 Å². The topological polar surface area (TPSA) is 138 Å². The third-order valence-corrected chi connectivity index (χ3v) is 3.21. The highest BCUT2D eigenvalue weighted by Crippen LogP contribution is 2.32. The van der Waals surface area contributed by atoms with Crippen molar-refractivity contribution >= 4 is 24.4 Å². The summed E-state index contributed by atoms with van der Waals surface area (Å²) in [6, 6.07) is 7.49. The van der Waals surface area contributed by atoms with Crippen LogP contribution in [0.15, 0.2) is 36.4 Å². The number of carboxylic acid groups (broad SMARTS) is 3. The van der Waals surface area contributed by atoms with Crippen molar-refractivity contribution in [1.82, 2.24) is 0 Å². The van der Waals surface area contributed by atoms with E-state index in [1.165, 1.54) is 24.3 Å². The van der Waals surface area contributed by atoms with Gasteiger partial charge in [-0.2, -0.15) is 0 Å².